The minimum atomic E-state index is 0.739. The molecule has 7 heteroatoms. The molecule has 7 nitrogen and oxygen atoms in total. The van der Waals surface area contributed by atoms with Crippen molar-refractivity contribution in [3.05, 3.63) is 79.0 Å². The molecule has 3 aromatic heterocycles. The third-order valence-electron chi connectivity index (χ3n) is 6.06. The molecule has 0 aliphatic carbocycles. The number of aryl methyl sites for hydroxylation is 1. The zero-order valence-corrected chi connectivity index (χ0v) is 19.6. The summed E-state index contributed by atoms with van der Waals surface area (Å²) in [5.74, 6) is 3.29. The van der Waals surface area contributed by atoms with Crippen molar-refractivity contribution in [3.63, 3.8) is 0 Å². The number of imidazole rings is 1. The second-order valence-corrected chi connectivity index (χ2v) is 8.10. The number of pyridine rings is 2. The standard InChI is InChI=1S/C27H26N6O/c1-17-29-16-24(33(17)3)19-7-9-23(25(12-19)34-4)32-27-13-22-11-18(5-6-21(22)15-31-27)20-8-10-26(28-2)30-14-20/h5-16H,1-4H3,(H,28,30)(H,31,32). The molecule has 0 fully saturated rings. The Bertz CT molecular complexity index is 1470. The molecule has 0 aliphatic rings. The molecule has 34 heavy (non-hydrogen) atoms. The Balaban J connectivity index is 1.45. The van der Waals surface area contributed by atoms with Gasteiger partial charge in [0.1, 0.15) is 23.2 Å². The smallest absolute Gasteiger partial charge is 0.143 e. The van der Waals surface area contributed by atoms with Crippen LogP contribution < -0.4 is 15.4 Å². The SMILES string of the molecule is CNc1ccc(-c2ccc3cnc(Nc4ccc(-c5cnc(C)n5C)cc4OC)cc3c2)cn1. The maximum atomic E-state index is 5.68. The Labute approximate surface area is 198 Å². The van der Waals surface area contributed by atoms with E-state index >= 15 is 0 Å². The molecule has 0 bridgehead atoms. The van der Waals surface area contributed by atoms with Crippen LogP contribution in [-0.4, -0.2) is 33.7 Å². The number of anilines is 3. The zero-order valence-electron chi connectivity index (χ0n) is 19.6. The van der Waals surface area contributed by atoms with Gasteiger partial charge in [-0.1, -0.05) is 18.2 Å². The number of hydrogen-bond acceptors (Lipinski definition) is 6. The van der Waals surface area contributed by atoms with Gasteiger partial charge < -0.3 is 19.9 Å². The van der Waals surface area contributed by atoms with E-state index in [1.807, 2.05) is 63.9 Å². The van der Waals surface area contributed by atoms with Gasteiger partial charge in [0.15, 0.2) is 0 Å². The fourth-order valence-corrected chi connectivity index (χ4v) is 3.96. The number of nitrogens with zero attached hydrogens (tertiary/aromatic N) is 4. The molecule has 0 atom stereocenters. The molecule has 0 aliphatic heterocycles. The lowest BCUT2D eigenvalue weighted by Crippen LogP contribution is -1.98. The van der Waals surface area contributed by atoms with E-state index in [2.05, 4.69) is 60.5 Å². The maximum Gasteiger partial charge on any atom is 0.143 e. The van der Waals surface area contributed by atoms with Crippen molar-refractivity contribution in [3.8, 4) is 28.1 Å². The molecule has 5 rings (SSSR count). The molecule has 2 aromatic carbocycles. The third kappa shape index (κ3) is 4.03. The van der Waals surface area contributed by atoms with Crippen molar-refractivity contribution in [2.75, 3.05) is 24.8 Å². The minimum absolute atomic E-state index is 0.739. The number of ether oxygens (including phenoxy) is 1. The van der Waals surface area contributed by atoms with Crippen LogP contribution in [0.4, 0.5) is 17.3 Å². The highest BCUT2D eigenvalue weighted by Gasteiger charge is 2.11. The first kappa shape index (κ1) is 21.5. The van der Waals surface area contributed by atoms with Crippen molar-refractivity contribution in [2.45, 2.75) is 6.92 Å². The summed E-state index contributed by atoms with van der Waals surface area (Å²) < 4.78 is 7.74. The van der Waals surface area contributed by atoms with E-state index < -0.39 is 0 Å². The van der Waals surface area contributed by atoms with Gasteiger partial charge in [0.2, 0.25) is 0 Å². The predicted octanol–water partition coefficient (Wildman–Crippen LogP) is 5.80. The van der Waals surface area contributed by atoms with E-state index in [1.165, 1.54) is 0 Å². The highest BCUT2D eigenvalue weighted by atomic mass is 16.5. The monoisotopic (exact) mass is 450 g/mol. The summed E-state index contributed by atoms with van der Waals surface area (Å²) >= 11 is 0. The number of methoxy groups -OCH3 is 1. The average Bonchev–Trinajstić information content (AvgIpc) is 3.21. The Morgan fingerprint density at radius 1 is 0.765 bits per heavy atom. The lowest BCUT2D eigenvalue weighted by atomic mass is 10.0. The van der Waals surface area contributed by atoms with Crippen molar-refractivity contribution >= 4 is 28.1 Å². The van der Waals surface area contributed by atoms with Gasteiger partial charge in [0.05, 0.1) is 24.7 Å². The van der Waals surface area contributed by atoms with Crippen LogP contribution in [-0.2, 0) is 7.05 Å². The normalized spacial score (nSPS) is 10.9. The van der Waals surface area contributed by atoms with Crippen molar-refractivity contribution in [1.29, 1.82) is 0 Å². The molecule has 170 valence electrons. The summed E-state index contributed by atoms with van der Waals surface area (Å²) in [5, 5.41) is 8.62. The highest BCUT2D eigenvalue weighted by Crippen LogP contribution is 2.33. The van der Waals surface area contributed by atoms with Gasteiger partial charge >= 0.3 is 0 Å². The topological polar surface area (TPSA) is 76.9 Å². The molecule has 3 heterocycles. The van der Waals surface area contributed by atoms with Crippen LogP contribution >= 0.6 is 0 Å². The number of rotatable bonds is 6. The van der Waals surface area contributed by atoms with Crippen molar-refractivity contribution in [1.82, 2.24) is 19.5 Å². The van der Waals surface area contributed by atoms with Crippen LogP contribution in [0.2, 0.25) is 0 Å². The van der Waals surface area contributed by atoms with Gasteiger partial charge in [-0.3, -0.25) is 0 Å². The number of fused-ring (bicyclic) bond motifs is 1. The van der Waals surface area contributed by atoms with E-state index in [0.29, 0.717) is 0 Å². The molecule has 5 aromatic rings. The second-order valence-electron chi connectivity index (χ2n) is 8.10. The molecule has 0 amide bonds. The van der Waals surface area contributed by atoms with Crippen LogP contribution in [0.3, 0.4) is 0 Å². The van der Waals surface area contributed by atoms with Crippen LogP contribution in [0.1, 0.15) is 5.82 Å². The van der Waals surface area contributed by atoms with Crippen LogP contribution in [0.5, 0.6) is 5.75 Å². The highest BCUT2D eigenvalue weighted by molar-refractivity contribution is 5.89. The molecule has 0 unspecified atom stereocenters. The molecular weight excluding hydrogens is 424 g/mol. The Morgan fingerprint density at radius 2 is 1.56 bits per heavy atom. The van der Waals surface area contributed by atoms with E-state index in [1.54, 1.807) is 7.11 Å². The third-order valence-corrected chi connectivity index (χ3v) is 6.06. The van der Waals surface area contributed by atoms with Crippen LogP contribution in [0, 0.1) is 6.92 Å². The second kappa shape index (κ2) is 8.86. The largest absolute Gasteiger partial charge is 0.495 e. The predicted molar refractivity (Wildman–Crippen MR) is 138 cm³/mol. The summed E-state index contributed by atoms with van der Waals surface area (Å²) in [6.07, 6.45) is 5.63. The summed E-state index contributed by atoms with van der Waals surface area (Å²) in [6.45, 7) is 1.99. The van der Waals surface area contributed by atoms with E-state index in [9.17, 15) is 0 Å². The summed E-state index contributed by atoms with van der Waals surface area (Å²) in [7, 11) is 5.54. The van der Waals surface area contributed by atoms with Gasteiger partial charge in [-0.05, 0) is 54.3 Å². The lowest BCUT2D eigenvalue weighted by Gasteiger charge is -2.13. The van der Waals surface area contributed by atoms with Crippen LogP contribution in [0.25, 0.3) is 33.2 Å². The molecule has 0 saturated heterocycles. The quantitative estimate of drug-likeness (QED) is 0.340. The number of hydrogen-bond donors (Lipinski definition) is 2. The van der Waals surface area contributed by atoms with Gasteiger partial charge in [0.25, 0.3) is 0 Å². The summed E-state index contributed by atoms with van der Waals surface area (Å²) in [5.41, 5.74) is 5.10. The zero-order chi connectivity index (χ0) is 23.7. The first-order valence-corrected chi connectivity index (χ1v) is 11.0. The fourth-order valence-electron chi connectivity index (χ4n) is 3.96. The maximum absolute atomic E-state index is 5.68. The molecule has 0 radical (unpaired) electrons. The molecular formula is C27H26N6O. The number of nitrogens with one attached hydrogen (secondary N) is 2. The van der Waals surface area contributed by atoms with Crippen molar-refractivity contribution in [2.24, 2.45) is 7.05 Å². The van der Waals surface area contributed by atoms with Gasteiger partial charge in [-0.15, -0.1) is 0 Å². The first-order chi connectivity index (χ1) is 16.6. The summed E-state index contributed by atoms with van der Waals surface area (Å²) in [6, 6.07) is 18.5. The Hall–Kier alpha value is -4.39. The average molecular weight is 451 g/mol. The Kier molecular flexibility index (Phi) is 5.59. The Morgan fingerprint density at radius 3 is 2.26 bits per heavy atom. The molecule has 2 N–H and O–H groups in total. The van der Waals surface area contributed by atoms with E-state index in [-0.39, 0.29) is 0 Å². The van der Waals surface area contributed by atoms with Gasteiger partial charge in [-0.2, -0.15) is 0 Å². The fraction of sp³-hybridized carbons (Fsp3) is 0.148. The summed E-state index contributed by atoms with van der Waals surface area (Å²) in [4.78, 5) is 13.4. The molecule has 0 saturated carbocycles. The van der Waals surface area contributed by atoms with Crippen molar-refractivity contribution < 1.29 is 4.74 Å². The first-order valence-electron chi connectivity index (χ1n) is 11.0. The molecule has 0 spiro atoms. The van der Waals surface area contributed by atoms with E-state index in [4.69, 9.17) is 4.74 Å². The van der Waals surface area contributed by atoms with Gasteiger partial charge in [0, 0.05) is 43.0 Å². The minimum Gasteiger partial charge on any atom is -0.495 e. The lowest BCUT2D eigenvalue weighted by molar-refractivity contribution is 0.417. The number of aromatic nitrogens is 4. The van der Waals surface area contributed by atoms with E-state index in [0.717, 1.165) is 62.1 Å². The van der Waals surface area contributed by atoms with Crippen LogP contribution in [0.15, 0.2) is 73.2 Å². The number of benzene rings is 2. The van der Waals surface area contributed by atoms with Gasteiger partial charge in [-0.25, -0.2) is 15.0 Å².